The normalized spacial score (nSPS) is 10.5. The standard InChI is InChI=1S/C13H14N2O2/c1-4-9-5-11-12(15-13(9)17-3)6-10(7-14-11)8(2)16/h5-7H,4H2,1-3H3. The van der Waals surface area contributed by atoms with Gasteiger partial charge in [0, 0.05) is 17.3 Å². The minimum Gasteiger partial charge on any atom is -0.481 e. The molecule has 0 saturated heterocycles. The second kappa shape index (κ2) is 4.49. The molecule has 0 spiro atoms. The molecule has 0 N–H and O–H groups in total. The molecule has 0 fully saturated rings. The van der Waals surface area contributed by atoms with Crippen LogP contribution in [0.3, 0.4) is 0 Å². The van der Waals surface area contributed by atoms with Crippen molar-refractivity contribution in [1.82, 2.24) is 9.97 Å². The van der Waals surface area contributed by atoms with E-state index in [4.69, 9.17) is 4.74 Å². The van der Waals surface area contributed by atoms with Gasteiger partial charge < -0.3 is 4.74 Å². The Bertz CT molecular complexity index is 579. The van der Waals surface area contributed by atoms with Gasteiger partial charge in [-0.3, -0.25) is 9.78 Å². The van der Waals surface area contributed by atoms with E-state index in [1.807, 2.05) is 13.0 Å². The van der Waals surface area contributed by atoms with Crippen LogP contribution in [0.25, 0.3) is 11.0 Å². The quantitative estimate of drug-likeness (QED) is 0.760. The topological polar surface area (TPSA) is 52.1 Å². The van der Waals surface area contributed by atoms with Gasteiger partial charge in [-0.05, 0) is 25.5 Å². The van der Waals surface area contributed by atoms with Gasteiger partial charge in [-0.15, -0.1) is 0 Å². The molecule has 0 aromatic carbocycles. The molecule has 0 atom stereocenters. The minimum absolute atomic E-state index is 0.0141. The summed E-state index contributed by atoms with van der Waals surface area (Å²) in [7, 11) is 1.59. The fourth-order valence-corrected chi connectivity index (χ4v) is 1.70. The molecule has 0 saturated carbocycles. The molecule has 2 aromatic rings. The van der Waals surface area contributed by atoms with Gasteiger partial charge in [0.05, 0.1) is 18.1 Å². The third-order valence-electron chi connectivity index (χ3n) is 2.69. The minimum atomic E-state index is -0.0141. The molecule has 17 heavy (non-hydrogen) atoms. The zero-order chi connectivity index (χ0) is 12.4. The van der Waals surface area contributed by atoms with Crippen molar-refractivity contribution in [3.8, 4) is 5.88 Å². The number of aromatic nitrogens is 2. The highest BCUT2D eigenvalue weighted by Gasteiger charge is 2.08. The van der Waals surface area contributed by atoms with Crippen LogP contribution in [0.5, 0.6) is 5.88 Å². The number of fused-ring (bicyclic) bond motifs is 1. The average Bonchev–Trinajstić information content (AvgIpc) is 2.36. The van der Waals surface area contributed by atoms with Crippen molar-refractivity contribution in [2.24, 2.45) is 0 Å². The monoisotopic (exact) mass is 230 g/mol. The lowest BCUT2D eigenvalue weighted by Crippen LogP contribution is -1.98. The molecule has 2 aromatic heterocycles. The summed E-state index contributed by atoms with van der Waals surface area (Å²) in [5.74, 6) is 0.585. The number of carbonyl (C=O) groups is 1. The Morgan fingerprint density at radius 1 is 1.35 bits per heavy atom. The summed E-state index contributed by atoms with van der Waals surface area (Å²) >= 11 is 0. The SMILES string of the molecule is CCc1cc2ncc(C(C)=O)cc2nc1OC. The van der Waals surface area contributed by atoms with E-state index in [1.54, 1.807) is 19.4 Å². The molecular weight excluding hydrogens is 216 g/mol. The highest BCUT2D eigenvalue weighted by atomic mass is 16.5. The highest BCUT2D eigenvalue weighted by Crippen LogP contribution is 2.21. The predicted octanol–water partition coefficient (Wildman–Crippen LogP) is 2.40. The van der Waals surface area contributed by atoms with E-state index in [2.05, 4.69) is 9.97 Å². The zero-order valence-electron chi connectivity index (χ0n) is 10.2. The van der Waals surface area contributed by atoms with Crippen LogP contribution in [-0.2, 0) is 6.42 Å². The number of aryl methyl sites for hydroxylation is 1. The molecule has 88 valence electrons. The van der Waals surface area contributed by atoms with Gasteiger partial charge in [-0.25, -0.2) is 4.98 Å². The number of nitrogens with zero attached hydrogens (tertiary/aromatic N) is 2. The second-order valence-electron chi connectivity index (χ2n) is 3.83. The van der Waals surface area contributed by atoms with Crippen LogP contribution in [0.15, 0.2) is 18.3 Å². The molecule has 0 bridgehead atoms. The summed E-state index contributed by atoms with van der Waals surface area (Å²) < 4.78 is 5.22. The first-order chi connectivity index (χ1) is 8.15. The smallest absolute Gasteiger partial charge is 0.216 e. The van der Waals surface area contributed by atoms with Crippen LogP contribution >= 0.6 is 0 Å². The Morgan fingerprint density at radius 2 is 2.12 bits per heavy atom. The zero-order valence-corrected chi connectivity index (χ0v) is 10.2. The number of rotatable bonds is 3. The molecule has 4 nitrogen and oxygen atoms in total. The van der Waals surface area contributed by atoms with Crippen LogP contribution < -0.4 is 4.74 Å². The summed E-state index contributed by atoms with van der Waals surface area (Å²) in [6.45, 7) is 3.55. The lowest BCUT2D eigenvalue weighted by atomic mass is 10.1. The Labute approximate surface area is 99.7 Å². The first-order valence-electron chi connectivity index (χ1n) is 5.50. The van der Waals surface area contributed by atoms with Crippen molar-refractivity contribution in [1.29, 1.82) is 0 Å². The summed E-state index contributed by atoms with van der Waals surface area (Å²) in [6.07, 6.45) is 2.42. The average molecular weight is 230 g/mol. The van der Waals surface area contributed by atoms with Gasteiger partial charge in [0.2, 0.25) is 5.88 Å². The molecule has 0 aliphatic carbocycles. The van der Waals surface area contributed by atoms with E-state index in [0.29, 0.717) is 17.0 Å². The predicted molar refractivity (Wildman–Crippen MR) is 65.5 cm³/mol. The van der Waals surface area contributed by atoms with Crippen LogP contribution in [0, 0.1) is 0 Å². The summed E-state index contributed by atoms with van der Waals surface area (Å²) in [4.78, 5) is 19.9. The van der Waals surface area contributed by atoms with Gasteiger partial charge in [-0.1, -0.05) is 6.92 Å². The lowest BCUT2D eigenvalue weighted by molar-refractivity contribution is 0.101. The van der Waals surface area contributed by atoms with Crippen LogP contribution in [0.1, 0.15) is 29.8 Å². The van der Waals surface area contributed by atoms with Crippen LogP contribution in [0.4, 0.5) is 0 Å². The highest BCUT2D eigenvalue weighted by molar-refractivity contribution is 5.96. The summed E-state index contributed by atoms with van der Waals surface area (Å²) in [5.41, 5.74) is 3.05. The van der Waals surface area contributed by atoms with Gasteiger partial charge in [0.1, 0.15) is 0 Å². The molecule has 2 heterocycles. The molecule has 4 heteroatoms. The van der Waals surface area contributed by atoms with E-state index in [1.165, 1.54) is 6.92 Å². The fourth-order valence-electron chi connectivity index (χ4n) is 1.70. The van der Waals surface area contributed by atoms with E-state index >= 15 is 0 Å². The van der Waals surface area contributed by atoms with Gasteiger partial charge in [0.15, 0.2) is 5.78 Å². The third kappa shape index (κ3) is 2.11. The van der Waals surface area contributed by atoms with E-state index < -0.39 is 0 Å². The van der Waals surface area contributed by atoms with Crippen molar-refractivity contribution >= 4 is 16.8 Å². The van der Waals surface area contributed by atoms with Crippen LogP contribution in [-0.4, -0.2) is 22.9 Å². The van der Waals surface area contributed by atoms with E-state index in [0.717, 1.165) is 17.5 Å². The molecule has 2 rings (SSSR count). The largest absolute Gasteiger partial charge is 0.481 e. The maximum Gasteiger partial charge on any atom is 0.216 e. The van der Waals surface area contributed by atoms with Crippen LogP contribution in [0.2, 0.25) is 0 Å². The van der Waals surface area contributed by atoms with Crippen molar-refractivity contribution in [2.45, 2.75) is 20.3 Å². The number of ether oxygens (including phenoxy) is 1. The van der Waals surface area contributed by atoms with Gasteiger partial charge in [0.25, 0.3) is 0 Å². The summed E-state index contributed by atoms with van der Waals surface area (Å²) in [5, 5.41) is 0. The second-order valence-corrected chi connectivity index (χ2v) is 3.83. The Hall–Kier alpha value is -1.97. The molecule has 0 radical (unpaired) electrons. The Kier molecular flexibility index (Phi) is 3.04. The van der Waals surface area contributed by atoms with Gasteiger partial charge in [-0.2, -0.15) is 0 Å². The summed E-state index contributed by atoms with van der Waals surface area (Å²) in [6, 6.07) is 3.69. The maximum atomic E-state index is 11.3. The first kappa shape index (κ1) is 11.5. The number of Topliss-reactive ketones (excluding diaryl/α,β-unsaturated/α-hetero) is 1. The number of carbonyl (C=O) groups excluding carboxylic acids is 1. The van der Waals surface area contributed by atoms with Crippen molar-refractivity contribution in [3.63, 3.8) is 0 Å². The number of ketones is 1. The molecule has 0 aliphatic rings. The molecule has 0 aliphatic heterocycles. The van der Waals surface area contributed by atoms with Crippen molar-refractivity contribution < 1.29 is 9.53 Å². The lowest BCUT2D eigenvalue weighted by Gasteiger charge is -2.07. The molecule has 0 unspecified atom stereocenters. The molecule has 0 amide bonds. The third-order valence-corrected chi connectivity index (χ3v) is 2.69. The molecular formula is C13H14N2O2. The Morgan fingerprint density at radius 3 is 2.71 bits per heavy atom. The van der Waals surface area contributed by atoms with Gasteiger partial charge >= 0.3 is 0 Å². The van der Waals surface area contributed by atoms with E-state index in [-0.39, 0.29) is 5.78 Å². The number of pyridine rings is 2. The number of hydrogen-bond donors (Lipinski definition) is 0. The van der Waals surface area contributed by atoms with E-state index in [9.17, 15) is 4.79 Å². The van der Waals surface area contributed by atoms with Crippen molar-refractivity contribution in [2.75, 3.05) is 7.11 Å². The Balaban J connectivity index is 2.66. The maximum absolute atomic E-state index is 11.3. The first-order valence-corrected chi connectivity index (χ1v) is 5.50. The van der Waals surface area contributed by atoms with Crippen molar-refractivity contribution in [3.05, 3.63) is 29.5 Å². The number of hydrogen-bond acceptors (Lipinski definition) is 4. The number of methoxy groups -OCH3 is 1. The fraction of sp³-hybridized carbons (Fsp3) is 0.308.